The van der Waals surface area contributed by atoms with Crippen molar-refractivity contribution in [1.82, 2.24) is 9.97 Å². The van der Waals surface area contributed by atoms with Gasteiger partial charge in [0.15, 0.2) is 18.3 Å². The maximum absolute atomic E-state index is 11.2. The minimum absolute atomic E-state index is 0.225. The highest BCUT2D eigenvalue weighted by atomic mass is 35.5. The van der Waals surface area contributed by atoms with E-state index in [1.54, 1.807) is 6.20 Å². The highest BCUT2D eigenvalue weighted by Crippen LogP contribution is 2.37. The van der Waals surface area contributed by atoms with E-state index in [4.69, 9.17) is 11.6 Å². The number of carbonyl (C=O) groups excluding carboxylic acids is 1. The standard InChI is InChI=1S/C12H15ClN4O/c13-12-14-6-9-11(16-12)17(10(7-18)15-9)8-4-2-1-3-5-8/h6-8,10,15H,1-5H2. The average molecular weight is 267 g/mol. The van der Waals surface area contributed by atoms with Crippen molar-refractivity contribution in [2.75, 3.05) is 10.2 Å². The van der Waals surface area contributed by atoms with Crippen molar-refractivity contribution in [1.29, 1.82) is 0 Å². The van der Waals surface area contributed by atoms with Crippen LogP contribution in [0.4, 0.5) is 11.5 Å². The van der Waals surface area contributed by atoms with Gasteiger partial charge in [-0.1, -0.05) is 19.3 Å². The number of aldehydes is 1. The van der Waals surface area contributed by atoms with E-state index in [-0.39, 0.29) is 11.4 Å². The fourth-order valence-corrected chi connectivity index (χ4v) is 3.00. The molecule has 2 heterocycles. The van der Waals surface area contributed by atoms with Crippen LogP contribution in [0.25, 0.3) is 0 Å². The van der Waals surface area contributed by atoms with Crippen LogP contribution in [0.15, 0.2) is 6.20 Å². The van der Waals surface area contributed by atoms with Crippen molar-refractivity contribution in [2.24, 2.45) is 0 Å². The number of nitrogens with zero attached hydrogens (tertiary/aromatic N) is 3. The molecule has 1 fully saturated rings. The fraction of sp³-hybridized carbons (Fsp3) is 0.583. The van der Waals surface area contributed by atoms with Gasteiger partial charge in [0, 0.05) is 6.04 Å². The number of anilines is 2. The lowest BCUT2D eigenvalue weighted by Gasteiger charge is -2.34. The maximum Gasteiger partial charge on any atom is 0.224 e. The Bertz CT molecular complexity index is 461. The van der Waals surface area contributed by atoms with Gasteiger partial charge in [0.2, 0.25) is 5.28 Å². The van der Waals surface area contributed by atoms with Crippen LogP contribution < -0.4 is 10.2 Å². The van der Waals surface area contributed by atoms with Crippen LogP contribution in [0.3, 0.4) is 0 Å². The third kappa shape index (κ3) is 1.92. The highest BCUT2D eigenvalue weighted by molar-refractivity contribution is 6.28. The Morgan fingerprint density at radius 1 is 1.39 bits per heavy atom. The Labute approximate surface area is 111 Å². The van der Waals surface area contributed by atoms with Crippen molar-refractivity contribution in [2.45, 2.75) is 44.3 Å². The first-order valence-corrected chi connectivity index (χ1v) is 6.70. The molecule has 6 heteroatoms. The Balaban J connectivity index is 1.95. The summed E-state index contributed by atoms with van der Waals surface area (Å²) in [5.74, 6) is 0.763. The minimum atomic E-state index is -0.337. The zero-order valence-electron chi connectivity index (χ0n) is 9.97. The maximum atomic E-state index is 11.2. The first kappa shape index (κ1) is 11.7. The van der Waals surface area contributed by atoms with Crippen molar-refractivity contribution < 1.29 is 4.79 Å². The summed E-state index contributed by atoms with van der Waals surface area (Å²) >= 11 is 5.85. The topological polar surface area (TPSA) is 58.1 Å². The third-order valence-electron chi connectivity index (χ3n) is 3.68. The van der Waals surface area contributed by atoms with Crippen molar-refractivity contribution in [3.8, 4) is 0 Å². The van der Waals surface area contributed by atoms with Gasteiger partial charge >= 0.3 is 0 Å². The number of aromatic nitrogens is 2. The van der Waals surface area contributed by atoms with E-state index in [0.717, 1.165) is 30.6 Å². The number of fused-ring (bicyclic) bond motifs is 1. The van der Waals surface area contributed by atoms with E-state index in [9.17, 15) is 4.79 Å². The fourth-order valence-electron chi connectivity index (χ4n) is 2.87. The predicted octanol–water partition coefficient (Wildman–Crippen LogP) is 2.22. The monoisotopic (exact) mass is 266 g/mol. The van der Waals surface area contributed by atoms with E-state index in [1.165, 1.54) is 19.3 Å². The SMILES string of the molecule is O=CC1Nc2cnc(Cl)nc2N1C1CCCCC1. The number of hydrogen-bond donors (Lipinski definition) is 1. The van der Waals surface area contributed by atoms with Gasteiger partial charge in [-0.2, -0.15) is 4.98 Å². The molecule has 1 aromatic heterocycles. The van der Waals surface area contributed by atoms with Crippen LogP contribution in [0.5, 0.6) is 0 Å². The molecule has 0 bridgehead atoms. The van der Waals surface area contributed by atoms with Gasteiger partial charge in [0.05, 0.1) is 11.9 Å². The van der Waals surface area contributed by atoms with Crippen molar-refractivity contribution >= 4 is 29.4 Å². The summed E-state index contributed by atoms with van der Waals surface area (Å²) in [6.45, 7) is 0. The molecule has 18 heavy (non-hydrogen) atoms. The average Bonchev–Trinajstić information content (AvgIpc) is 2.77. The third-order valence-corrected chi connectivity index (χ3v) is 3.87. The molecule has 1 aliphatic carbocycles. The molecule has 1 aliphatic heterocycles. The van der Waals surface area contributed by atoms with Gasteiger partial charge in [0.1, 0.15) is 0 Å². The molecular weight excluding hydrogens is 252 g/mol. The lowest BCUT2D eigenvalue weighted by atomic mass is 9.94. The van der Waals surface area contributed by atoms with Crippen LogP contribution in [0, 0.1) is 0 Å². The summed E-state index contributed by atoms with van der Waals surface area (Å²) in [5, 5.41) is 3.36. The largest absolute Gasteiger partial charge is 0.355 e. The molecule has 0 spiro atoms. The van der Waals surface area contributed by atoms with Crippen LogP contribution in [0.2, 0.25) is 5.28 Å². The molecule has 0 radical (unpaired) electrons. The van der Waals surface area contributed by atoms with Gasteiger partial charge in [-0.05, 0) is 24.4 Å². The Morgan fingerprint density at radius 2 is 2.17 bits per heavy atom. The van der Waals surface area contributed by atoms with E-state index in [2.05, 4.69) is 20.2 Å². The zero-order chi connectivity index (χ0) is 12.5. The number of hydrogen-bond acceptors (Lipinski definition) is 5. The number of halogens is 1. The highest BCUT2D eigenvalue weighted by Gasteiger charge is 2.35. The summed E-state index contributed by atoms with van der Waals surface area (Å²) in [5.41, 5.74) is 0.794. The van der Waals surface area contributed by atoms with Crippen LogP contribution in [-0.2, 0) is 4.79 Å². The second-order valence-electron chi connectivity index (χ2n) is 4.80. The molecule has 0 aromatic carbocycles. The van der Waals surface area contributed by atoms with Crippen LogP contribution >= 0.6 is 11.6 Å². The van der Waals surface area contributed by atoms with E-state index in [1.807, 2.05) is 0 Å². The van der Waals surface area contributed by atoms with Crippen LogP contribution in [0.1, 0.15) is 32.1 Å². The summed E-state index contributed by atoms with van der Waals surface area (Å²) in [4.78, 5) is 21.5. The van der Waals surface area contributed by atoms with Crippen molar-refractivity contribution in [3.05, 3.63) is 11.5 Å². The summed E-state index contributed by atoms with van der Waals surface area (Å²) in [7, 11) is 0. The molecule has 0 amide bonds. The second-order valence-corrected chi connectivity index (χ2v) is 5.14. The lowest BCUT2D eigenvalue weighted by molar-refractivity contribution is -0.108. The number of carbonyl (C=O) groups is 1. The van der Waals surface area contributed by atoms with Gasteiger partial charge < -0.3 is 10.2 Å². The number of rotatable bonds is 2. The van der Waals surface area contributed by atoms with Gasteiger partial charge in [0.25, 0.3) is 0 Å². The first-order valence-electron chi connectivity index (χ1n) is 6.32. The summed E-state index contributed by atoms with van der Waals surface area (Å²) in [6, 6.07) is 0.369. The molecule has 1 aromatic rings. The number of nitrogens with one attached hydrogen (secondary N) is 1. The minimum Gasteiger partial charge on any atom is -0.355 e. The van der Waals surface area contributed by atoms with Gasteiger partial charge in [-0.25, -0.2) is 4.98 Å². The molecule has 96 valence electrons. The Morgan fingerprint density at radius 3 is 2.89 bits per heavy atom. The smallest absolute Gasteiger partial charge is 0.224 e. The van der Waals surface area contributed by atoms with Gasteiger partial charge in [-0.3, -0.25) is 4.79 Å². The Kier molecular flexibility index (Phi) is 3.07. The van der Waals surface area contributed by atoms with E-state index >= 15 is 0 Å². The molecule has 1 N–H and O–H groups in total. The van der Waals surface area contributed by atoms with Crippen molar-refractivity contribution in [3.63, 3.8) is 0 Å². The molecule has 1 saturated carbocycles. The molecule has 1 atom stereocenters. The molecule has 3 rings (SSSR count). The van der Waals surface area contributed by atoms with E-state index < -0.39 is 0 Å². The molecule has 5 nitrogen and oxygen atoms in total. The normalized spacial score (nSPS) is 23.6. The lowest BCUT2D eigenvalue weighted by Crippen LogP contribution is -2.45. The van der Waals surface area contributed by atoms with E-state index in [0.29, 0.717) is 6.04 Å². The molecule has 1 unspecified atom stereocenters. The molecular formula is C12H15ClN4O. The predicted molar refractivity (Wildman–Crippen MR) is 69.9 cm³/mol. The molecule has 0 saturated heterocycles. The van der Waals surface area contributed by atoms with Gasteiger partial charge in [-0.15, -0.1) is 0 Å². The summed E-state index contributed by atoms with van der Waals surface area (Å²) in [6.07, 6.45) is 8.13. The molecule has 2 aliphatic rings. The Hall–Kier alpha value is -1.36. The van der Waals surface area contributed by atoms with Crippen LogP contribution in [-0.4, -0.2) is 28.5 Å². The quantitative estimate of drug-likeness (QED) is 0.657. The zero-order valence-corrected chi connectivity index (χ0v) is 10.7. The first-order chi connectivity index (χ1) is 8.79. The second kappa shape index (κ2) is 4.72. The summed E-state index contributed by atoms with van der Waals surface area (Å²) < 4.78 is 0.